The molecular formula is C7H6N2O2+. The number of hydrogen-bond donors (Lipinski definition) is 0. The topological polar surface area (TPSA) is 57.2 Å². The van der Waals surface area contributed by atoms with Gasteiger partial charge in [0.05, 0.1) is 5.56 Å². The average molecular weight is 150 g/mol. The summed E-state index contributed by atoms with van der Waals surface area (Å²) < 4.78 is 0. The lowest BCUT2D eigenvalue weighted by Gasteiger charge is -1.79. The van der Waals surface area contributed by atoms with Crippen molar-refractivity contribution < 1.29 is 5.03 Å². The van der Waals surface area contributed by atoms with Crippen molar-refractivity contribution in [3.8, 4) is 0 Å². The SMILES string of the molecule is O=[N+]([O-])[N+]=Cc1ccccc1. The molecule has 0 aromatic heterocycles. The molecule has 0 aliphatic carbocycles. The van der Waals surface area contributed by atoms with E-state index in [4.69, 9.17) is 0 Å². The summed E-state index contributed by atoms with van der Waals surface area (Å²) in [5.41, 5.74) is 0.726. The Labute approximate surface area is 63.3 Å². The second-order valence-electron chi connectivity index (χ2n) is 1.89. The first-order valence-electron chi connectivity index (χ1n) is 3.02. The minimum atomic E-state index is -0.729. The maximum atomic E-state index is 9.78. The molecule has 0 unspecified atom stereocenters. The molecule has 1 aromatic rings. The molecule has 0 spiro atoms. The third kappa shape index (κ3) is 2.57. The Balaban J connectivity index is 2.72. The zero-order valence-electron chi connectivity index (χ0n) is 5.68. The van der Waals surface area contributed by atoms with Gasteiger partial charge in [0.25, 0.3) is 0 Å². The van der Waals surface area contributed by atoms with Crippen LogP contribution >= 0.6 is 0 Å². The van der Waals surface area contributed by atoms with Crippen LogP contribution in [0.4, 0.5) is 0 Å². The molecule has 4 heteroatoms. The van der Waals surface area contributed by atoms with E-state index in [-0.39, 0.29) is 0 Å². The first-order valence-corrected chi connectivity index (χ1v) is 3.02. The molecule has 55 valence electrons. The summed E-state index contributed by atoms with van der Waals surface area (Å²) in [6, 6.07) is 8.91. The van der Waals surface area contributed by atoms with Crippen molar-refractivity contribution in [2.24, 2.45) is 0 Å². The van der Waals surface area contributed by atoms with E-state index in [1.54, 1.807) is 24.3 Å². The Morgan fingerprint density at radius 3 is 2.55 bits per heavy atom. The lowest BCUT2D eigenvalue weighted by molar-refractivity contribution is -0.517. The van der Waals surface area contributed by atoms with E-state index in [1.165, 1.54) is 6.21 Å². The highest BCUT2D eigenvalue weighted by molar-refractivity contribution is 5.77. The highest BCUT2D eigenvalue weighted by atomic mass is 16.7. The smallest absolute Gasteiger partial charge is 0.193 e. The van der Waals surface area contributed by atoms with Crippen molar-refractivity contribution in [2.45, 2.75) is 0 Å². The molecule has 11 heavy (non-hydrogen) atoms. The molecule has 0 fully saturated rings. The van der Waals surface area contributed by atoms with Crippen molar-refractivity contribution >= 4 is 6.21 Å². The summed E-state index contributed by atoms with van der Waals surface area (Å²) in [6.07, 6.45) is 1.21. The van der Waals surface area contributed by atoms with Crippen molar-refractivity contribution in [1.82, 2.24) is 5.10 Å². The van der Waals surface area contributed by atoms with Gasteiger partial charge in [-0.15, -0.1) is 0 Å². The fraction of sp³-hybridized carbons (Fsp3) is 0. The second kappa shape index (κ2) is 3.46. The maximum absolute atomic E-state index is 9.78. The van der Waals surface area contributed by atoms with E-state index >= 15 is 0 Å². The van der Waals surface area contributed by atoms with Crippen LogP contribution in [0.1, 0.15) is 5.56 Å². The van der Waals surface area contributed by atoms with E-state index in [0.29, 0.717) is 0 Å². The summed E-state index contributed by atoms with van der Waals surface area (Å²) in [6.45, 7) is 0. The second-order valence-corrected chi connectivity index (χ2v) is 1.89. The third-order valence-corrected chi connectivity index (χ3v) is 1.10. The molecule has 0 aliphatic rings. The van der Waals surface area contributed by atoms with Gasteiger partial charge in [-0.2, -0.15) is 10.1 Å². The molecule has 4 nitrogen and oxygen atoms in total. The van der Waals surface area contributed by atoms with E-state index in [2.05, 4.69) is 5.10 Å². The fourth-order valence-electron chi connectivity index (χ4n) is 0.653. The number of nitrogens with zero attached hydrogens (tertiary/aromatic N) is 2. The molecule has 0 atom stereocenters. The lowest BCUT2D eigenvalue weighted by atomic mass is 10.2. The highest BCUT2D eigenvalue weighted by Crippen LogP contribution is 1.91. The number of hydrogen-bond acceptors (Lipinski definition) is 2. The van der Waals surface area contributed by atoms with Gasteiger partial charge in [-0.25, -0.2) is 0 Å². The molecule has 0 bridgehead atoms. The van der Waals surface area contributed by atoms with Crippen LogP contribution < -0.4 is 5.10 Å². The third-order valence-electron chi connectivity index (χ3n) is 1.10. The highest BCUT2D eigenvalue weighted by Gasteiger charge is 2.04. The van der Waals surface area contributed by atoms with Crippen LogP contribution in [0.25, 0.3) is 0 Å². The van der Waals surface area contributed by atoms with Gasteiger partial charge in [-0.3, -0.25) is 0 Å². The van der Waals surface area contributed by atoms with Crippen LogP contribution in [0, 0.1) is 10.1 Å². The van der Waals surface area contributed by atoms with Crippen molar-refractivity contribution in [3.63, 3.8) is 0 Å². The first-order chi connectivity index (χ1) is 5.29. The van der Waals surface area contributed by atoms with Gasteiger partial charge < -0.3 is 0 Å². The average Bonchev–Trinajstić information content (AvgIpc) is 2.03. The van der Waals surface area contributed by atoms with Crippen LogP contribution in [0.5, 0.6) is 0 Å². The van der Waals surface area contributed by atoms with E-state index in [1.807, 2.05) is 6.07 Å². The Morgan fingerprint density at radius 1 is 1.36 bits per heavy atom. The molecule has 0 aliphatic heterocycles. The minimum absolute atomic E-state index is 0.726. The molecule has 1 radical (unpaired) electrons. The standard InChI is InChI=1S/C7H6N2O2/c10-9(11)8-6-7-4-2-1-3-5-7/h1-6H/q+1. The predicted molar refractivity (Wildman–Crippen MR) is 40.7 cm³/mol. The van der Waals surface area contributed by atoms with Crippen molar-refractivity contribution in [1.29, 1.82) is 0 Å². The zero-order valence-corrected chi connectivity index (χ0v) is 5.68. The van der Waals surface area contributed by atoms with E-state index in [9.17, 15) is 10.1 Å². The number of rotatable bonds is 2. The van der Waals surface area contributed by atoms with Gasteiger partial charge in [-0.1, -0.05) is 18.2 Å². The first kappa shape index (κ1) is 7.40. The summed E-state index contributed by atoms with van der Waals surface area (Å²) in [7, 11) is 0. The van der Waals surface area contributed by atoms with Crippen LogP contribution in [-0.2, 0) is 0 Å². The molecular weight excluding hydrogens is 144 g/mol. The summed E-state index contributed by atoms with van der Waals surface area (Å²) in [4.78, 5) is 9.78. The molecule has 0 N–H and O–H groups in total. The molecule has 0 saturated carbocycles. The lowest BCUT2D eigenvalue weighted by Crippen LogP contribution is -2.02. The van der Waals surface area contributed by atoms with Crippen molar-refractivity contribution in [2.75, 3.05) is 0 Å². The van der Waals surface area contributed by atoms with Gasteiger partial charge in [-0.05, 0) is 12.1 Å². The molecule has 0 heterocycles. The van der Waals surface area contributed by atoms with Crippen LogP contribution in [0.3, 0.4) is 0 Å². The summed E-state index contributed by atoms with van der Waals surface area (Å²) >= 11 is 0. The number of benzene rings is 1. The predicted octanol–water partition coefficient (Wildman–Crippen LogP) is 0.633. The molecule has 0 amide bonds. The van der Waals surface area contributed by atoms with Gasteiger partial charge in [0.15, 0.2) is 0 Å². The number of nitro groups is 1. The largest absolute Gasteiger partial charge is 0.410 e. The molecule has 0 saturated heterocycles. The van der Waals surface area contributed by atoms with Gasteiger partial charge >= 0.3 is 16.3 Å². The minimum Gasteiger partial charge on any atom is -0.193 e. The Morgan fingerprint density at radius 2 is 2.00 bits per heavy atom. The molecule has 1 rings (SSSR count). The summed E-state index contributed by atoms with van der Waals surface area (Å²) in [5.74, 6) is 0. The summed E-state index contributed by atoms with van der Waals surface area (Å²) in [5, 5.41) is 12.0. The molecule has 1 aromatic carbocycles. The zero-order chi connectivity index (χ0) is 8.10. The fourth-order valence-corrected chi connectivity index (χ4v) is 0.653. The van der Waals surface area contributed by atoms with Gasteiger partial charge in [0.1, 0.15) is 0 Å². The Bertz CT molecular complexity index is 269. The quantitative estimate of drug-likeness (QED) is 0.352. The van der Waals surface area contributed by atoms with E-state index < -0.39 is 5.03 Å². The number of hydrazone groups is 1. The van der Waals surface area contributed by atoms with E-state index in [0.717, 1.165) is 5.56 Å². The van der Waals surface area contributed by atoms with Gasteiger partial charge in [0.2, 0.25) is 0 Å². The van der Waals surface area contributed by atoms with Crippen LogP contribution in [0.15, 0.2) is 30.3 Å². The van der Waals surface area contributed by atoms with Crippen LogP contribution in [0.2, 0.25) is 0 Å². The van der Waals surface area contributed by atoms with Crippen LogP contribution in [-0.4, -0.2) is 11.2 Å². The Kier molecular flexibility index (Phi) is 2.32. The van der Waals surface area contributed by atoms with Gasteiger partial charge in [0, 0.05) is 0 Å². The normalized spacial score (nSPS) is 10.2. The maximum Gasteiger partial charge on any atom is 0.410 e. The van der Waals surface area contributed by atoms with Crippen molar-refractivity contribution in [3.05, 3.63) is 46.0 Å². The Hall–Kier alpha value is -1.71. The monoisotopic (exact) mass is 150 g/mol.